The van der Waals surface area contributed by atoms with E-state index in [0.29, 0.717) is 21.6 Å². The van der Waals surface area contributed by atoms with Gasteiger partial charge in [-0.1, -0.05) is 19.1 Å². The molecule has 1 aromatic carbocycles. The third kappa shape index (κ3) is 5.63. The number of benzene rings is 1. The smallest absolute Gasteiger partial charge is 0.368 e. The number of piperidine rings is 1. The molecular weight excluding hydrogens is 506 g/mol. The molecule has 1 aliphatic heterocycles. The molecule has 2 aromatic heterocycles. The van der Waals surface area contributed by atoms with E-state index in [2.05, 4.69) is 15.3 Å². The van der Waals surface area contributed by atoms with E-state index in [4.69, 9.17) is 0 Å². The molecule has 3 aromatic rings. The van der Waals surface area contributed by atoms with Crippen LogP contribution in [-0.4, -0.2) is 45.8 Å². The van der Waals surface area contributed by atoms with Crippen LogP contribution in [0, 0.1) is 18.7 Å². The number of carbonyl (C=O) groups excluding carboxylic acids is 1. The Labute approximate surface area is 207 Å². The number of anilines is 1. The summed E-state index contributed by atoms with van der Waals surface area (Å²) in [6.45, 7) is 2.38. The van der Waals surface area contributed by atoms with Crippen LogP contribution >= 0.6 is 11.3 Å². The summed E-state index contributed by atoms with van der Waals surface area (Å²) in [6, 6.07) is 6.87. The Bertz CT molecular complexity index is 1240. The second-order valence-corrected chi connectivity index (χ2v) is 9.97. The number of aromatic nitrogens is 2. The van der Waals surface area contributed by atoms with Gasteiger partial charge in [-0.05, 0) is 42.7 Å². The summed E-state index contributed by atoms with van der Waals surface area (Å²) in [5.74, 6) is -4.90. The molecule has 0 spiro atoms. The van der Waals surface area contributed by atoms with Gasteiger partial charge in [0.15, 0.2) is 0 Å². The SMILES string of the molecule is Cc1nc(C(=O)N2CC(F)(F)CC(C)C2CNc2ccc(C(F)(F)F)cn2)c(-c2cccc(F)c2)s1. The Hall–Kier alpha value is -3.15. The van der Waals surface area contributed by atoms with E-state index < -0.39 is 54.3 Å². The Balaban J connectivity index is 1.61. The van der Waals surface area contributed by atoms with Crippen LogP contribution in [0.3, 0.4) is 0 Å². The average Bonchev–Trinajstić information content (AvgIpc) is 3.18. The van der Waals surface area contributed by atoms with Gasteiger partial charge in [0.05, 0.1) is 28.0 Å². The maximum atomic E-state index is 14.6. The molecule has 1 aliphatic rings. The zero-order valence-corrected chi connectivity index (χ0v) is 20.1. The van der Waals surface area contributed by atoms with Crippen molar-refractivity contribution in [3.8, 4) is 10.4 Å². The second kappa shape index (κ2) is 9.72. The highest BCUT2D eigenvalue weighted by atomic mass is 32.1. The molecule has 12 heteroatoms. The first-order valence-electron chi connectivity index (χ1n) is 11.0. The predicted octanol–water partition coefficient (Wildman–Crippen LogP) is 6.27. The molecule has 2 unspecified atom stereocenters. The molecule has 2 atom stereocenters. The molecule has 1 N–H and O–H groups in total. The summed E-state index contributed by atoms with van der Waals surface area (Å²) in [6.07, 6.45) is -4.33. The molecule has 0 aliphatic carbocycles. The zero-order valence-electron chi connectivity index (χ0n) is 19.2. The first-order chi connectivity index (χ1) is 16.8. The molecule has 0 saturated carbocycles. The quantitative estimate of drug-likeness (QED) is 0.397. The van der Waals surface area contributed by atoms with E-state index in [1.807, 2.05) is 0 Å². The van der Waals surface area contributed by atoms with Gasteiger partial charge in [0.1, 0.15) is 17.3 Å². The zero-order chi connectivity index (χ0) is 26.3. The molecule has 192 valence electrons. The number of thiazole rings is 1. The summed E-state index contributed by atoms with van der Waals surface area (Å²) in [7, 11) is 0. The van der Waals surface area contributed by atoms with E-state index in [-0.39, 0.29) is 18.1 Å². The lowest BCUT2D eigenvalue weighted by atomic mass is 9.88. The number of likely N-dealkylation sites (tertiary alicyclic amines) is 1. The van der Waals surface area contributed by atoms with Gasteiger partial charge < -0.3 is 10.2 Å². The molecule has 5 nitrogen and oxygen atoms in total. The summed E-state index contributed by atoms with van der Waals surface area (Å²) >= 11 is 1.15. The van der Waals surface area contributed by atoms with E-state index >= 15 is 0 Å². The number of alkyl halides is 5. The summed E-state index contributed by atoms with van der Waals surface area (Å²) in [5.41, 5.74) is -0.561. The van der Waals surface area contributed by atoms with E-state index in [9.17, 15) is 31.1 Å². The van der Waals surface area contributed by atoms with Crippen molar-refractivity contribution in [1.82, 2.24) is 14.9 Å². The minimum absolute atomic E-state index is 0.0141. The highest BCUT2D eigenvalue weighted by Gasteiger charge is 2.46. The van der Waals surface area contributed by atoms with Gasteiger partial charge in [-0.3, -0.25) is 4.79 Å². The largest absolute Gasteiger partial charge is 0.417 e. The van der Waals surface area contributed by atoms with Gasteiger partial charge in [-0.15, -0.1) is 11.3 Å². The summed E-state index contributed by atoms with van der Waals surface area (Å²) in [5, 5.41) is 3.37. The Morgan fingerprint density at radius 1 is 1.25 bits per heavy atom. The fourth-order valence-corrected chi connectivity index (χ4v) is 5.19. The van der Waals surface area contributed by atoms with Gasteiger partial charge in [0, 0.05) is 19.2 Å². The van der Waals surface area contributed by atoms with Gasteiger partial charge in [0.25, 0.3) is 11.8 Å². The van der Waals surface area contributed by atoms with Gasteiger partial charge in [-0.25, -0.2) is 23.1 Å². The number of halogens is 6. The van der Waals surface area contributed by atoms with Crippen LogP contribution in [0.1, 0.15) is 34.4 Å². The fourth-order valence-electron chi connectivity index (χ4n) is 4.29. The maximum Gasteiger partial charge on any atom is 0.417 e. The average molecular weight is 529 g/mol. The number of nitrogens with one attached hydrogen (secondary N) is 1. The number of carbonyl (C=O) groups is 1. The van der Waals surface area contributed by atoms with Crippen molar-refractivity contribution in [2.75, 3.05) is 18.4 Å². The maximum absolute atomic E-state index is 14.6. The Kier molecular flexibility index (Phi) is 7.00. The highest BCUT2D eigenvalue weighted by Crippen LogP contribution is 2.38. The lowest BCUT2D eigenvalue weighted by Gasteiger charge is -2.43. The molecule has 1 saturated heterocycles. The normalized spacial score (nSPS) is 19.8. The first-order valence-corrected chi connectivity index (χ1v) is 11.8. The monoisotopic (exact) mass is 528 g/mol. The number of nitrogens with zero attached hydrogens (tertiary/aromatic N) is 3. The standard InChI is InChI=1S/C24H22F6N4OS/c1-13-9-23(26,27)12-34(18(13)11-32-19-7-6-16(10-31-19)24(28,29)30)22(35)20-21(36-14(2)33-20)15-4-3-5-17(25)8-15/h3-8,10,13,18H,9,11-12H2,1-2H3,(H,31,32). The third-order valence-corrected chi connectivity index (χ3v) is 6.97. The second-order valence-electron chi connectivity index (χ2n) is 8.77. The molecule has 0 bridgehead atoms. The molecule has 3 heterocycles. The van der Waals surface area contributed by atoms with Crippen LogP contribution in [0.2, 0.25) is 0 Å². The van der Waals surface area contributed by atoms with Crippen LogP contribution in [-0.2, 0) is 6.18 Å². The lowest BCUT2D eigenvalue weighted by molar-refractivity contribution is -0.137. The minimum atomic E-state index is -4.54. The van der Waals surface area contributed by atoms with Crippen LogP contribution in [0.4, 0.5) is 32.2 Å². The van der Waals surface area contributed by atoms with Crippen molar-refractivity contribution in [2.45, 2.75) is 38.4 Å². The number of hydrogen-bond donors (Lipinski definition) is 1. The number of aryl methyl sites for hydroxylation is 1. The van der Waals surface area contributed by atoms with Crippen molar-refractivity contribution in [2.24, 2.45) is 5.92 Å². The number of hydrogen-bond acceptors (Lipinski definition) is 5. The van der Waals surface area contributed by atoms with Crippen molar-refractivity contribution in [3.05, 3.63) is 64.7 Å². The first kappa shape index (κ1) is 25.9. The topological polar surface area (TPSA) is 58.1 Å². The Morgan fingerprint density at radius 3 is 2.64 bits per heavy atom. The van der Waals surface area contributed by atoms with Gasteiger partial charge in [0.2, 0.25) is 0 Å². The van der Waals surface area contributed by atoms with Crippen molar-refractivity contribution >= 4 is 23.1 Å². The lowest BCUT2D eigenvalue weighted by Crippen LogP contribution is -2.57. The molecule has 1 amide bonds. The van der Waals surface area contributed by atoms with E-state index in [1.165, 1.54) is 18.2 Å². The molecule has 1 fully saturated rings. The summed E-state index contributed by atoms with van der Waals surface area (Å²) < 4.78 is 81.3. The van der Waals surface area contributed by atoms with Crippen molar-refractivity contribution < 1.29 is 31.1 Å². The van der Waals surface area contributed by atoms with E-state index in [1.54, 1.807) is 19.9 Å². The minimum Gasteiger partial charge on any atom is -0.368 e. The Morgan fingerprint density at radius 2 is 2.00 bits per heavy atom. The van der Waals surface area contributed by atoms with Crippen molar-refractivity contribution in [1.29, 1.82) is 0 Å². The van der Waals surface area contributed by atoms with Crippen molar-refractivity contribution in [3.63, 3.8) is 0 Å². The van der Waals surface area contributed by atoms with Crippen LogP contribution in [0.25, 0.3) is 10.4 Å². The number of amides is 1. The highest BCUT2D eigenvalue weighted by molar-refractivity contribution is 7.15. The van der Waals surface area contributed by atoms with E-state index in [0.717, 1.165) is 28.4 Å². The number of rotatable bonds is 5. The van der Waals surface area contributed by atoms with Gasteiger partial charge in [-0.2, -0.15) is 13.2 Å². The molecule has 4 rings (SSSR count). The molecular formula is C24H22F6N4OS. The predicted molar refractivity (Wildman–Crippen MR) is 124 cm³/mol. The van der Waals surface area contributed by atoms with Gasteiger partial charge >= 0.3 is 6.18 Å². The third-order valence-electron chi connectivity index (χ3n) is 5.95. The van der Waals surface area contributed by atoms with Crippen LogP contribution in [0.5, 0.6) is 0 Å². The fraction of sp³-hybridized carbons (Fsp3) is 0.375. The number of pyridine rings is 1. The molecule has 36 heavy (non-hydrogen) atoms. The summed E-state index contributed by atoms with van der Waals surface area (Å²) in [4.78, 5) is 23.0. The molecule has 0 radical (unpaired) electrons. The van der Waals surface area contributed by atoms with Crippen LogP contribution in [0.15, 0.2) is 42.6 Å². The van der Waals surface area contributed by atoms with Crippen LogP contribution < -0.4 is 5.32 Å².